The number of ether oxygens (including phenoxy) is 1. The van der Waals surface area contributed by atoms with Crippen LogP contribution in [-0.2, 0) is 11.3 Å². The van der Waals surface area contributed by atoms with E-state index in [1.807, 2.05) is 13.0 Å². The number of anilines is 1. The number of carbonyl (C=O) groups excluding carboxylic acids is 1. The highest BCUT2D eigenvalue weighted by atomic mass is 35.5. The van der Waals surface area contributed by atoms with Gasteiger partial charge >= 0.3 is 0 Å². The SMILES string of the molecule is CCOc1ccc(NC(=O)Cn2nc(C3CC3)c3cnn(-c4cccc(Cl)c4)c3c2=O)cc1. The van der Waals surface area contributed by atoms with Gasteiger partial charge in [-0.2, -0.15) is 10.2 Å². The summed E-state index contributed by atoms with van der Waals surface area (Å²) in [5, 5.41) is 13.1. The van der Waals surface area contributed by atoms with Crippen molar-refractivity contribution < 1.29 is 9.53 Å². The molecule has 1 amide bonds. The van der Waals surface area contributed by atoms with Crippen LogP contribution in [-0.4, -0.2) is 32.1 Å². The average molecular weight is 464 g/mol. The van der Waals surface area contributed by atoms with E-state index in [4.69, 9.17) is 16.3 Å². The third-order valence-corrected chi connectivity index (χ3v) is 5.71. The molecule has 0 saturated heterocycles. The predicted octanol–water partition coefficient (Wildman–Crippen LogP) is 4.15. The van der Waals surface area contributed by atoms with E-state index in [9.17, 15) is 9.59 Å². The molecule has 1 saturated carbocycles. The highest BCUT2D eigenvalue weighted by molar-refractivity contribution is 6.30. The third-order valence-electron chi connectivity index (χ3n) is 5.47. The fourth-order valence-electron chi connectivity index (χ4n) is 3.80. The monoisotopic (exact) mass is 463 g/mol. The minimum absolute atomic E-state index is 0.206. The Morgan fingerprint density at radius 1 is 1.21 bits per heavy atom. The van der Waals surface area contributed by atoms with E-state index in [0.29, 0.717) is 33.9 Å². The molecule has 0 atom stereocenters. The lowest BCUT2D eigenvalue weighted by Crippen LogP contribution is -2.31. The Morgan fingerprint density at radius 3 is 2.70 bits per heavy atom. The zero-order valence-corrected chi connectivity index (χ0v) is 18.7. The van der Waals surface area contributed by atoms with Gasteiger partial charge in [0.2, 0.25) is 5.91 Å². The number of nitrogens with zero attached hydrogens (tertiary/aromatic N) is 4. The highest BCUT2D eigenvalue weighted by Crippen LogP contribution is 2.41. The average Bonchev–Trinajstić information content (AvgIpc) is 3.55. The lowest BCUT2D eigenvalue weighted by Gasteiger charge is -2.11. The van der Waals surface area contributed by atoms with Gasteiger partial charge in [-0.25, -0.2) is 9.36 Å². The molecule has 0 bridgehead atoms. The predicted molar refractivity (Wildman–Crippen MR) is 126 cm³/mol. The Labute approximate surface area is 194 Å². The first-order valence-electron chi connectivity index (χ1n) is 10.8. The Bertz CT molecular complexity index is 1390. The summed E-state index contributed by atoms with van der Waals surface area (Å²) in [6.07, 6.45) is 3.67. The smallest absolute Gasteiger partial charge is 0.293 e. The number of hydrogen-bond acceptors (Lipinski definition) is 5. The van der Waals surface area contributed by atoms with Gasteiger partial charge in [0, 0.05) is 22.0 Å². The molecular formula is C24H22ClN5O3. The molecule has 8 nitrogen and oxygen atoms in total. The zero-order valence-electron chi connectivity index (χ0n) is 18.0. The van der Waals surface area contributed by atoms with Gasteiger partial charge < -0.3 is 10.1 Å². The van der Waals surface area contributed by atoms with Crippen molar-refractivity contribution in [2.45, 2.75) is 32.2 Å². The normalized spacial score (nSPS) is 13.3. The molecule has 9 heteroatoms. The third kappa shape index (κ3) is 4.34. The second kappa shape index (κ2) is 8.71. The van der Waals surface area contributed by atoms with Crippen molar-refractivity contribution in [3.8, 4) is 11.4 Å². The van der Waals surface area contributed by atoms with Crippen LogP contribution in [0.1, 0.15) is 31.4 Å². The summed E-state index contributed by atoms with van der Waals surface area (Å²) in [5.41, 5.74) is 2.10. The van der Waals surface area contributed by atoms with Crippen LogP contribution in [0.4, 0.5) is 5.69 Å². The number of rotatable bonds is 7. The zero-order chi connectivity index (χ0) is 22.9. The number of carbonyl (C=O) groups is 1. The van der Waals surface area contributed by atoms with Gasteiger partial charge in [0.1, 0.15) is 17.8 Å². The largest absolute Gasteiger partial charge is 0.494 e. The molecule has 33 heavy (non-hydrogen) atoms. The van der Waals surface area contributed by atoms with Gasteiger partial charge in [-0.05, 0) is 62.2 Å². The van der Waals surface area contributed by atoms with E-state index in [1.165, 1.54) is 4.68 Å². The van der Waals surface area contributed by atoms with Crippen molar-refractivity contribution in [2.75, 3.05) is 11.9 Å². The molecule has 2 heterocycles. The number of nitrogens with one attached hydrogen (secondary N) is 1. The van der Waals surface area contributed by atoms with Crippen LogP contribution in [0.15, 0.2) is 59.5 Å². The first kappa shape index (κ1) is 21.2. The first-order chi connectivity index (χ1) is 16.0. The molecule has 2 aromatic carbocycles. The van der Waals surface area contributed by atoms with Gasteiger partial charge in [0.25, 0.3) is 5.56 Å². The van der Waals surface area contributed by atoms with Crippen LogP contribution >= 0.6 is 11.6 Å². The fourth-order valence-corrected chi connectivity index (χ4v) is 3.98. The van der Waals surface area contributed by atoms with Gasteiger partial charge in [0.15, 0.2) is 0 Å². The minimum Gasteiger partial charge on any atom is -0.494 e. The molecule has 2 aromatic heterocycles. The summed E-state index contributed by atoms with van der Waals surface area (Å²) < 4.78 is 8.21. The second-order valence-corrected chi connectivity index (χ2v) is 8.36. The number of amides is 1. The summed E-state index contributed by atoms with van der Waals surface area (Å²) in [7, 11) is 0. The Kier molecular flexibility index (Phi) is 5.60. The lowest BCUT2D eigenvalue weighted by atomic mass is 10.2. The molecule has 0 spiro atoms. The Hall–Kier alpha value is -3.65. The van der Waals surface area contributed by atoms with E-state index in [2.05, 4.69) is 15.5 Å². The quantitative estimate of drug-likeness (QED) is 0.444. The molecule has 1 aliphatic rings. The number of hydrogen-bond donors (Lipinski definition) is 1. The molecule has 0 aliphatic heterocycles. The molecule has 5 rings (SSSR count). The molecule has 0 radical (unpaired) electrons. The first-order valence-corrected chi connectivity index (χ1v) is 11.2. The number of aromatic nitrogens is 4. The standard InChI is InChI=1S/C24H22ClN5O3/c1-2-33-19-10-8-17(9-11-19)27-21(31)14-29-24(32)23-20(22(28-29)15-6-7-15)13-26-30(23)18-5-3-4-16(25)12-18/h3-5,8-13,15H,2,6-7,14H2,1H3,(H,27,31). The van der Waals surface area contributed by atoms with Crippen LogP contribution < -0.4 is 15.6 Å². The molecular weight excluding hydrogens is 442 g/mol. The van der Waals surface area contributed by atoms with Crippen LogP contribution in [0.3, 0.4) is 0 Å². The summed E-state index contributed by atoms with van der Waals surface area (Å²) in [4.78, 5) is 26.1. The highest BCUT2D eigenvalue weighted by Gasteiger charge is 2.30. The molecule has 1 aliphatic carbocycles. The van der Waals surface area contributed by atoms with Gasteiger partial charge in [0.05, 0.1) is 24.2 Å². The van der Waals surface area contributed by atoms with Gasteiger partial charge in [-0.1, -0.05) is 17.7 Å². The topological polar surface area (TPSA) is 91.0 Å². The summed E-state index contributed by atoms with van der Waals surface area (Å²) in [5.74, 6) is 0.649. The lowest BCUT2D eigenvalue weighted by molar-refractivity contribution is -0.117. The van der Waals surface area contributed by atoms with E-state index in [0.717, 1.165) is 24.3 Å². The molecule has 0 unspecified atom stereocenters. The van der Waals surface area contributed by atoms with Crippen molar-refractivity contribution in [1.29, 1.82) is 0 Å². The van der Waals surface area contributed by atoms with E-state index in [1.54, 1.807) is 53.3 Å². The molecule has 1 N–H and O–H groups in total. The van der Waals surface area contributed by atoms with Crippen LogP contribution in [0, 0.1) is 0 Å². The van der Waals surface area contributed by atoms with Crippen molar-refractivity contribution >= 4 is 34.1 Å². The Balaban J connectivity index is 1.49. The maximum atomic E-state index is 13.4. The summed E-state index contributed by atoms with van der Waals surface area (Å²) in [6, 6.07) is 14.2. The fraction of sp³-hybridized carbons (Fsp3) is 0.250. The maximum absolute atomic E-state index is 13.4. The van der Waals surface area contributed by atoms with E-state index < -0.39 is 0 Å². The summed E-state index contributed by atoms with van der Waals surface area (Å²) in [6.45, 7) is 2.27. The van der Waals surface area contributed by atoms with Crippen molar-refractivity contribution in [2.24, 2.45) is 0 Å². The van der Waals surface area contributed by atoms with Crippen LogP contribution in [0.2, 0.25) is 5.02 Å². The number of halogens is 1. The van der Waals surface area contributed by atoms with E-state index >= 15 is 0 Å². The van der Waals surface area contributed by atoms with Gasteiger partial charge in [-0.15, -0.1) is 0 Å². The van der Waals surface area contributed by atoms with Crippen molar-refractivity contribution in [3.63, 3.8) is 0 Å². The van der Waals surface area contributed by atoms with Crippen molar-refractivity contribution in [3.05, 3.63) is 75.8 Å². The second-order valence-electron chi connectivity index (χ2n) is 7.93. The molecule has 1 fully saturated rings. The molecule has 4 aromatic rings. The Morgan fingerprint density at radius 2 is 2.00 bits per heavy atom. The minimum atomic E-state index is -0.381. The number of benzene rings is 2. The number of fused-ring (bicyclic) bond motifs is 1. The summed E-state index contributed by atoms with van der Waals surface area (Å²) >= 11 is 6.15. The van der Waals surface area contributed by atoms with Gasteiger partial charge in [-0.3, -0.25) is 9.59 Å². The van der Waals surface area contributed by atoms with Crippen LogP contribution in [0.25, 0.3) is 16.6 Å². The van der Waals surface area contributed by atoms with Crippen LogP contribution in [0.5, 0.6) is 5.75 Å². The maximum Gasteiger partial charge on any atom is 0.293 e. The van der Waals surface area contributed by atoms with Crippen molar-refractivity contribution in [1.82, 2.24) is 19.6 Å². The molecule has 168 valence electrons. The van der Waals surface area contributed by atoms with E-state index in [-0.39, 0.29) is 23.9 Å².